The smallest absolute Gasteiger partial charge is 0.240 e. The van der Waals surface area contributed by atoms with Crippen LogP contribution in [0.2, 0.25) is 0 Å². The Kier molecular flexibility index (Phi) is 4.07. The summed E-state index contributed by atoms with van der Waals surface area (Å²) in [5, 5.41) is 0. The Bertz CT molecular complexity index is 455. The van der Waals surface area contributed by atoms with Gasteiger partial charge in [-0.1, -0.05) is 25.1 Å². The molecule has 1 aromatic rings. The molecule has 2 atom stereocenters. The zero-order valence-electron chi connectivity index (χ0n) is 9.77. The first-order valence-corrected chi connectivity index (χ1v) is 6.66. The lowest BCUT2D eigenvalue weighted by Gasteiger charge is -2.19. The Hall–Kier alpha value is -0.910. The van der Waals surface area contributed by atoms with E-state index < -0.39 is 10.0 Å². The van der Waals surface area contributed by atoms with Gasteiger partial charge in [0.25, 0.3) is 0 Å². The highest BCUT2D eigenvalue weighted by Crippen LogP contribution is 2.25. The minimum atomic E-state index is -3.41. The maximum Gasteiger partial charge on any atom is 0.240 e. The minimum absolute atomic E-state index is 0.000625. The molecule has 0 aliphatic carbocycles. The maximum absolute atomic E-state index is 11.8. The highest BCUT2D eigenvalue weighted by Gasteiger charge is 2.21. The first kappa shape index (κ1) is 13.2. The van der Waals surface area contributed by atoms with Gasteiger partial charge < -0.3 is 5.73 Å². The fourth-order valence-corrected chi connectivity index (χ4v) is 2.54. The summed E-state index contributed by atoms with van der Waals surface area (Å²) in [5.74, 6) is -0.000625. The summed E-state index contributed by atoms with van der Waals surface area (Å²) >= 11 is 0. The molecule has 0 aliphatic heterocycles. The van der Waals surface area contributed by atoms with Crippen molar-refractivity contribution in [3.8, 4) is 0 Å². The van der Waals surface area contributed by atoms with Gasteiger partial charge in [0.05, 0.1) is 4.90 Å². The normalized spacial score (nSPS) is 15.8. The predicted molar refractivity (Wildman–Crippen MR) is 64.8 cm³/mol. The molecule has 1 aromatic carbocycles. The molecule has 0 saturated heterocycles. The van der Waals surface area contributed by atoms with Crippen LogP contribution < -0.4 is 10.5 Å². The van der Waals surface area contributed by atoms with Crippen molar-refractivity contribution >= 4 is 10.0 Å². The second kappa shape index (κ2) is 4.95. The molecule has 0 amide bonds. The van der Waals surface area contributed by atoms with Crippen LogP contribution in [0.5, 0.6) is 0 Å². The molecule has 0 heterocycles. The van der Waals surface area contributed by atoms with Crippen molar-refractivity contribution in [2.75, 3.05) is 7.05 Å². The average Bonchev–Trinajstić information content (AvgIpc) is 2.28. The van der Waals surface area contributed by atoms with Crippen LogP contribution in [0.15, 0.2) is 29.2 Å². The van der Waals surface area contributed by atoms with Gasteiger partial charge in [0.15, 0.2) is 0 Å². The summed E-state index contributed by atoms with van der Waals surface area (Å²) in [7, 11) is -2.01. The quantitative estimate of drug-likeness (QED) is 0.828. The lowest BCUT2D eigenvalue weighted by atomic mass is 9.95. The highest BCUT2D eigenvalue weighted by molar-refractivity contribution is 7.89. The van der Waals surface area contributed by atoms with E-state index in [4.69, 9.17) is 5.73 Å². The number of hydrogen-bond donors (Lipinski definition) is 2. The van der Waals surface area contributed by atoms with Crippen LogP contribution in [0.4, 0.5) is 0 Å². The highest BCUT2D eigenvalue weighted by atomic mass is 32.2. The average molecular weight is 242 g/mol. The van der Waals surface area contributed by atoms with Gasteiger partial charge in [0.1, 0.15) is 0 Å². The fourth-order valence-electron chi connectivity index (χ4n) is 1.49. The van der Waals surface area contributed by atoms with Gasteiger partial charge in [-0.15, -0.1) is 0 Å². The van der Waals surface area contributed by atoms with Crippen LogP contribution in [0.1, 0.15) is 25.3 Å². The minimum Gasteiger partial charge on any atom is -0.327 e. The molecule has 0 fully saturated rings. The van der Waals surface area contributed by atoms with E-state index in [-0.39, 0.29) is 12.0 Å². The van der Waals surface area contributed by atoms with Gasteiger partial charge in [-0.05, 0) is 31.5 Å². The van der Waals surface area contributed by atoms with Gasteiger partial charge in [0.2, 0.25) is 10.0 Å². The number of nitrogens with two attached hydrogens (primary N) is 1. The Balaban J connectivity index is 3.32. The van der Waals surface area contributed by atoms with Crippen molar-refractivity contribution in [3.63, 3.8) is 0 Å². The van der Waals surface area contributed by atoms with Crippen LogP contribution in [-0.2, 0) is 10.0 Å². The summed E-state index contributed by atoms with van der Waals surface area (Å²) in [6, 6.07) is 6.84. The van der Waals surface area contributed by atoms with Gasteiger partial charge in [-0.25, -0.2) is 13.1 Å². The second-order valence-electron chi connectivity index (χ2n) is 3.89. The molecule has 16 heavy (non-hydrogen) atoms. The molecule has 0 spiro atoms. The van der Waals surface area contributed by atoms with E-state index in [1.165, 1.54) is 7.05 Å². The van der Waals surface area contributed by atoms with Crippen LogP contribution in [0.3, 0.4) is 0 Å². The van der Waals surface area contributed by atoms with Crippen molar-refractivity contribution in [1.82, 2.24) is 4.72 Å². The lowest BCUT2D eigenvalue weighted by molar-refractivity contribution is 0.575. The summed E-state index contributed by atoms with van der Waals surface area (Å²) in [5.41, 5.74) is 6.56. The molecule has 3 N–H and O–H groups in total. The zero-order chi connectivity index (χ0) is 12.3. The van der Waals surface area contributed by atoms with E-state index in [2.05, 4.69) is 4.72 Å². The van der Waals surface area contributed by atoms with E-state index in [1.807, 2.05) is 19.9 Å². The van der Waals surface area contributed by atoms with Crippen molar-refractivity contribution < 1.29 is 8.42 Å². The number of benzene rings is 1. The molecule has 0 aliphatic rings. The Morgan fingerprint density at radius 1 is 1.25 bits per heavy atom. The largest absolute Gasteiger partial charge is 0.327 e. The van der Waals surface area contributed by atoms with Crippen molar-refractivity contribution in [2.24, 2.45) is 5.73 Å². The van der Waals surface area contributed by atoms with Crippen molar-refractivity contribution in [2.45, 2.75) is 30.7 Å². The zero-order valence-corrected chi connectivity index (χ0v) is 10.6. The molecule has 0 aromatic heterocycles. The standard InChI is InChI=1S/C11H18N2O2S/c1-8(9(2)12)10-6-4-5-7-11(10)16(14,15)13-3/h4-9,13H,12H2,1-3H3. The topological polar surface area (TPSA) is 72.2 Å². The lowest BCUT2D eigenvalue weighted by Crippen LogP contribution is -2.26. The Morgan fingerprint density at radius 3 is 2.31 bits per heavy atom. The first-order valence-electron chi connectivity index (χ1n) is 5.18. The second-order valence-corrected chi connectivity index (χ2v) is 5.75. The third-order valence-corrected chi connectivity index (χ3v) is 4.24. The van der Waals surface area contributed by atoms with Crippen molar-refractivity contribution in [1.29, 1.82) is 0 Å². The third-order valence-electron chi connectivity index (χ3n) is 2.76. The van der Waals surface area contributed by atoms with E-state index in [9.17, 15) is 8.42 Å². The monoisotopic (exact) mass is 242 g/mol. The predicted octanol–water partition coefficient (Wildman–Crippen LogP) is 1.05. The molecular weight excluding hydrogens is 224 g/mol. The van der Waals surface area contributed by atoms with Crippen molar-refractivity contribution in [3.05, 3.63) is 29.8 Å². The first-order chi connectivity index (χ1) is 7.40. The molecule has 1 rings (SSSR count). The van der Waals surface area contributed by atoms with Gasteiger partial charge >= 0.3 is 0 Å². The molecule has 2 unspecified atom stereocenters. The van der Waals surface area contributed by atoms with Gasteiger partial charge in [-0.2, -0.15) is 0 Å². The van der Waals surface area contributed by atoms with Crippen LogP contribution in [0, 0.1) is 0 Å². The number of hydrogen-bond acceptors (Lipinski definition) is 3. The number of rotatable bonds is 4. The van der Waals surface area contributed by atoms with E-state index in [0.29, 0.717) is 4.90 Å². The summed E-state index contributed by atoms with van der Waals surface area (Å²) in [4.78, 5) is 0.308. The van der Waals surface area contributed by atoms with Crippen LogP contribution in [0.25, 0.3) is 0 Å². The molecule has 90 valence electrons. The molecule has 5 heteroatoms. The Labute approximate surface area is 96.9 Å². The van der Waals surface area contributed by atoms with E-state index in [1.54, 1.807) is 18.2 Å². The van der Waals surface area contributed by atoms with E-state index in [0.717, 1.165) is 5.56 Å². The van der Waals surface area contributed by atoms with Crippen LogP contribution >= 0.6 is 0 Å². The Morgan fingerprint density at radius 2 is 1.81 bits per heavy atom. The van der Waals surface area contributed by atoms with E-state index >= 15 is 0 Å². The summed E-state index contributed by atoms with van der Waals surface area (Å²) in [6.07, 6.45) is 0. The third kappa shape index (κ3) is 2.61. The van der Waals surface area contributed by atoms with Crippen LogP contribution in [-0.4, -0.2) is 21.5 Å². The SMILES string of the molecule is CNS(=O)(=O)c1ccccc1C(C)C(C)N. The fraction of sp³-hybridized carbons (Fsp3) is 0.455. The summed E-state index contributed by atoms with van der Waals surface area (Å²) in [6.45, 7) is 3.79. The molecule has 0 bridgehead atoms. The molecule has 0 radical (unpaired) electrons. The number of nitrogens with one attached hydrogen (secondary N) is 1. The number of sulfonamides is 1. The summed E-state index contributed by atoms with van der Waals surface area (Å²) < 4.78 is 25.9. The maximum atomic E-state index is 11.8. The molecule has 4 nitrogen and oxygen atoms in total. The van der Waals surface area contributed by atoms with Gasteiger partial charge in [-0.3, -0.25) is 0 Å². The van der Waals surface area contributed by atoms with Gasteiger partial charge in [0, 0.05) is 6.04 Å². The molecular formula is C11H18N2O2S. The molecule has 0 saturated carbocycles.